The van der Waals surface area contributed by atoms with Crippen LogP contribution in [0, 0.1) is 16.7 Å². The van der Waals surface area contributed by atoms with Crippen molar-refractivity contribution >= 4 is 0 Å². The van der Waals surface area contributed by atoms with Crippen LogP contribution in [0.3, 0.4) is 0 Å². The molecular formula is C16H22N2O2. The van der Waals surface area contributed by atoms with Crippen molar-refractivity contribution in [1.82, 2.24) is 5.32 Å². The van der Waals surface area contributed by atoms with E-state index in [4.69, 9.17) is 14.7 Å². The number of methoxy groups -OCH3 is 1. The Morgan fingerprint density at radius 2 is 2.20 bits per heavy atom. The lowest BCUT2D eigenvalue weighted by Gasteiger charge is -2.19. The summed E-state index contributed by atoms with van der Waals surface area (Å²) in [5.74, 6) is 1.63. The maximum absolute atomic E-state index is 8.87. The van der Waals surface area contributed by atoms with E-state index in [2.05, 4.69) is 18.3 Å². The molecule has 1 aliphatic rings. The third-order valence-corrected chi connectivity index (χ3v) is 4.07. The van der Waals surface area contributed by atoms with Gasteiger partial charge >= 0.3 is 0 Å². The molecule has 1 saturated carbocycles. The second-order valence-corrected chi connectivity index (χ2v) is 5.54. The quantitative estimate of drug-likeness (QED) is 0.830. The van der Waals surface area contributed by atoms with Gasteiger partial charge in [-0.1, -0.05) is 6.07 Å². The predicted octanol–water partition coefficient (Wildman–Crippen LogP) is 3.05. The summed E-state index contributed by atoms with van der Waals surface area (Å²) in [5.41, 5.74) is 1.19. The number of benzene rings is 1. The fraction of sp³-hybridized carbons (Fsp3) is 0.562. The Morgan fingerprint density at radius 1 is 1.45 bits per heavy atom. The van der Waals surface area contributed by atoms with Gasteiger partial charge < -0.3 is 14.8 Å². The van der Waals surface area contributed by atoms with Gasteiger partial charge in [-0.05, 0) is 32.9 Å². The van der Waals surface area contributed by atoms with Gasteiger partial charge in [0.05, 0.1) is 19.8 Å². The van der Waals surface area contributed by atoms with Gasteiger partial charge in [0.1, 0.15) is 11.5 Å². The molecule has 2 rings (SSSR count). The van der Waals surface area contributed by atoms with Gasteiger partial charge in [0.2, 0.25) is 0 Å². The van der Waals surface area contributed by atoms with Gasteiger partial charge in [-0.2, -0.15) is 5.26 Å². The van der Waals surface area contributed by atoms with Crippen molar-refractivity contribution in [1.29, 1.82) is 5.26 Å². The van der Waals surface area contributed by atoms with Crippen LogP contribution in [0.2, 0.25) is 0 Å². The standard InChI is InChI=1S/C16H22N2O2/c1-12(18-2)14-5-4-13(19-3)10-15(14)20-11-16(6-7-16)8-9-17/h4-5,10,12,18H,6-8,11H2,1-3H3. The van der Waals surface area contributed by atoms with Crippen LogP contribution in [-0.2, 0) is 0 Å². The third kappa shape index (κ3) is 3.23. The van der Waals surface area contributed by atoms with Gasteiger partial charge in [0, 0.05) is 29.5 Å². The summed E-state index contributed by atoms with van der Waals surface area (Å²) in [5, 5.41) is 12.1. The van der Waals surface area contributed by atoms with Crippen LogP contribution in [0.25, 0.3) is 0 Å². The minimum atomic E-state index is 0.0813. The molecule has 1 aliphatic carbocycles. The molecule has 4 nitrogen and oxygen atoms in total. The molecule has 1 fully saturated rings. The number of nitriles is 1. The predicted molar refractivity (Wildman–Crippen MR) is 77.9 cm³/mol. The van der Waals surface area contributed by atoms with Gasteiger partial charge in [0.25, 0.3) is 0 Å². The van der Waals surface area contributed by atoms with Crippen LogP contribution in [0.15, 0.2) is 18.2 Å². The number of hydrogen-bond donors (Lipinski definition) is 1. The van der Waals surface area contributed by atoms with Crippen molar-refractivity contribution in [2.75, 3.05) is 20.8 Å². The highest BCUT2D eigenvalue weighted by atomic mass is 16.5. The largest absolute Gasteiger partial charge is 0.497 e. The number of ether oxygens (including phenoxy) is 2. The zero-order valence-electron chi connectivity index (χ0n) is 12.4. The van der Waals surface area contributed by atoms with Gasteiger partial charge in [0.15, 0.2) is 0 Å². The normalized spacial score (nSPS) is 17.1. The van der Waals surface area contributed by atoms with Crippen LogP contribution in [0.1, 0.15) is 37.8 Å². The van der Waals surface area contributed by atoms with E-state index in [0.29, 0.717) is 13.0 Å². The van der Waals surface area contributed by atoms with E-state index >= 15 is 0 Å². The Labute approximate surface area is 120 Å². The molecule has 108 valence electrons. The maximum atomic E-state index is 8.87. The molecule has 0 heterocycles. The second kappa shape index (κ2) is 6.15. The molecule has 0 spiro atoms. The topological polar surface area (TPSA) is 54.3 Å². The van der Waals surface area contributed by atoms with Gasteiger partial charge in [-0.15, -0.1) is 0 Å². The zero-order valence-corrected chi connectivity index (χ0v) is 12.4. The number of nitrogens with one attached hydrogen (secondary N) is 1. The molecule has 0 aliphatic heterocycles. The van der Waals surface area contributed by atoms with E-state index in [1.165, 1.54) is 0 Å². The molecule has 1 aromatic rings. The molecule has 0 radical (unpaired) electrons. The first-order chi connectivity index (χ1) is 9.64. The smallest absolute Gasteiger partial charge is 0.127 e. The molecule has 0 bridgehead atoms. The van der Waals surface area contributed by atoms with E-state index in [0.717, 1.165) is 29.9 Å². The Balaban J connectivity index is 2.14. The lowest BCUT2D eigenvalue weighted by molar-refractivity contribution is 0.232. The lowest BCUT2D eigenvalue weighted by atomic mass is 10.0. The molecule has 20 heavy (non-hydrogen) atoms. The SMILES string of the molecule is CNC(C)c1ccc(OC)cc1OCC1(CC#N)CC1. The van der Waals surface area contributed by atoms with Gasteiger partial charge in [-0.3, -0.25) is 0 Å². The average molecular weight is 274 g/mol. The number of hydrogen-bond acceptors (Lipinski definition) is 4. The first-order valence-electron chi connectivity index (χ1n) is 6.99. The molecule has 4 heteroatoms. The van der Waals surface area contributed by atoms with Crippen molar-refractivity contribution in [2.45, 2.75) is 32.2 Å². The van der Waals surface area contributed by atoms with Crippen LogP contribution < -0.4 is 14.8 Å². The minimum Gasteiger partial charge on any atom is -0.497 e. The highest BCUT2D eigenvalue weighted by Crippen LogP contribution is 2.49. The fourth-order valence-electron chi connectivity index (χ4n) is 2.23. The van der Waals surface area contributed by atoms with E-state index in [1.54, 1.807) is 7.11 Å². The van der Waals surface area contributed by atoms with Crippen LogP contribution in [-0.4, -0.2) is 20.8 Å². The summed E-state index contributed by atoms with van der Waals surface area (Å²) >= 11 is 0. The Morgan fingerprint density at radius 3 is 2.75 bits per heavy atom. The number of nitrogens with zero attached hydrogens (tertiary/aromatic N) is 1. The van der Waals surface area contributed by atoms with Crippen LogP contribution in [0.5, 0.6) is 11.5 Å². The van der Waals surface area contributed by atoms with Crippen molar-refractivity contribution < 1.29 is 9.47 Å². The Kier molecular flexibility index (Phi) is 4.51. The molecule has 0 aromatic heterocycles. The van der Waals surface area contributed by atoms with Crippen molar-refractivity contribution in [3.63, 3.8) is 0 Å². The van der Waals surface area contributed by atoms with E-state index in [1.807, 2.05) is 25.2 Å². The average Bonchev–Trinajstić information content (AvgIpc) is 3.24. The van der Waals surface area contributed by atoms with Crippen LogP contribution in [0.4, 0.5) is 0 Å². The Hall–Kier alpha value is -1.73. The lowest BCUT2D eigenvalue weighted by Crippen LogP contribution is -2.17. The van der Waals surface area contributed by atoms with E-state index in [9.17, 15) is 0 Å². The summed E-state index contributed by atoms with van der Waals surface area (Å²) < 4.78 is 11.3. The maximum Gasteiger partial charge on any atom is 0.127 e. The van der Waals surface area contributed by atoms with Gasteiger partial charge in [-0.25, -0.2) is 0 Å². The molecule has 1 atom stereocenters. The first-order valence-corrected chi connectivity index (χ1v) is 6.99. The molecule has 1 unspecified atom stereocenters. The zero-order chi connectivity index (χ0) is 14.6. The Bertz CT molecular complexity index is 504. The fourth-order valence-corrected chi connectivity index (χ4v) is 2.23. The molecule has 1 N–H and O–H groups in total. The van der Waals surface area contributed by atoms with Crippen molar-refractivity contribution in [3.05, 3.63) is 23.8 Å². The summed E-state index contributed by atoms with van der Waals surface area (Å²) in [6.45, 7) is 2.70. The molecule has 0 saturated heterocycles. The van der Waals surface area contributed by atoms with Crippen molar-refractivity contribution in [2.24, 2.45) is 5.41 Å². The summed E-state index contributed by atoms with van der Waals surface area (Å²) in [4.78, 5) is 0. The van der Waals surface area contributed by atoms with E-state index in [-0.39, 0.29) is 11.5 Å². The first kappa shape index (κ1) is 14.7. The number of rotatable bonds is 7. The van der Waals surface area contributed by atoms with Crippen LogP contribution >= 0.6 is 0 Å². The second-order valence-electron chi connectivity index (χ2n) is 5.54. The monoisotopic (exact) mass is 274 g/mol. The summed E-state index contributed by atoms with van der Waals surface area (Å²) in [6, 6.07) is 8.36. The van der Waals surface area contributed by atoms with Crippen molar-refractivity contribution in [3.8, 4) is 17.6 Å². The molecule has 1 aromatic carbocycles. The highest BCUT2D eigenvalue weighted by molar-refractivity contribution is 5.42. The molecule has 0 amide bonds. The minimum absolute atomic E-state index is 0.0813. The summed E-state index contributed by atoms with van der Waals surface area (Å²) in [7, 11) is 3.58. The molecular weight excluding hydrogens is 252 g/mol. The summed E-state index contributed by atoms with van der Waals surface area (Å²) in [6.07, 6.45) is 2.75. The van der Waals surface area contributed by atoms with E-state index < -0.39 is 0 Å². The highest BCUT2D eigenvalue weighted by Gasteiger charge is 2.43. The third-order valence-electron chi connectivity index (χ3n) is 4.07.